The van der Waals surface area contributed by atoms with Gasteiger partial charge in [-0.3, -0.25) is 15.7 Å². The van der Waals surface area contributed by atoms with Crippen LogP contribution in [0.25, 0.3) is 0 Å². The summed E-state index contributed by atoms with van der Waals surface area (Å²) in [5.74, 6) is 0.0533. The average Bonchev–Trinajstić information content (AvgIpc) is 3.76. The first-order valence-electron chi connectivity index (χ1n) is 12.6. The highest BCUT2D eigenvalue weighted by Crippen LogP contribution is 2.37. The third kappa shape index (κ3) is 8.33. The minimum Gasteiger partial charge on any atom is -0.489 e. The van der Waals surface area contributed by atoms with Gasteiger partial charge in [0, 0.05) is 31.9 Å². The summed E-state index contributed by atoms with van der Waals surface area (Å²) in [5, 5.41) is 9.68. The lowest BCUT2D eigenvalue weighted by Crippen LogP contribution is -2.28. The van der Waals surface area contributed by atoms with E-state index in [1.54, 1.807) is 43.4 Å². The molecule has 1 amide bonds. The van der Waals surface area contributed by atoms with E-state index in [1.165, 1.54) is 23.4 Å². The molecule has 1 saturated carbocycles. The monoisotopic (exact) mass is 595 g/mol. The Kier molecular flexibility index (Phi) is 10.2. The predicted octanol–water partition coefficient (Wildman–Crippen LogP) is 7.17. The van der Waals surface area contributed by atoms with E-state index in [1.807, 2.05) is 0 Å². The van der Waals surface area contributed by atoms with Crippen molar-refractivity contribution >= 4 is 35.0 Å². The largest absolute Gasteiger partial charge is 0.489 e. The smallest absolute Gasteiger partial charge is 0.409 e. The Labute approximate surface area is 240 Å². The molecule has 8 nitrogen and oxygen atoms in total. The Morgan fingerprint density at radius 2 is 1.82 bits per heavy atom. The molecule has 0 bridgehead atoms. The third-order valence-corrected chi connectivity index (χ3v) is 7.10. The predicted molar refractivity (Wildman–Crippen MR) is 147 cm³/mol. The number of halogens is 4. The summed E-state index contributed by atoms with van der Waals surface area (Å²) >= 11 is 12.8. The second kappa shape index (κ2) is 13.8. The van der Waals surface area contributed by atoms with Crippen molar-refractivity contribution in [2.75, 3.05) is 25.7 Å². The van der Waals surface area contributed by atoms with E-state index in [2.05, 4.69) is 15.2 Å². The first kappa shape index (κ1) is 29.6. The molecule has 214 valence electrons. The quantitative estimate of drug-likeness (QED) is 0.202. The Morgan fingerprint density at radius 1 is 1.12 bits per heavy atom. The molecule has 1 aliphatic carbocycles. The van der Waals surface area contributed by atoms with Crippen molar-refractivity contribution in [1.82, 2.24) is 9.88 Å². The van der Waals surface area contributed by atoms with Crippen LogP contribution in [0.15, 0.2) is 54.9 Å². The summed E-state index contributed by atoms with van der Waals surface area (Å²) in [5.41, 5.74) is 4.69. The van der Waals surface area contributed by atoms with E-state index in [0.717, 1.165) is 18.4 Å². The maximum absolute atomic E-state index is 13.0. The number of nitrogens with one attached hydrogen (secondary N) is 1. The van der Waals surface area contributed by atoms with Crippen LogP contribution < -0.4 is 15.0 Å². The first-order valence-corrected chi connectivity index (χ1v) is 13.4. The Morgan fingerprint density at radius 3 is 2.45 bits per heavy atom. The number of pyridine rings is 1. The number of carbonyl (C=O) groups is 1. The molecule has 1 aliphatic rings. The molecule has 0 radical (unpaired) electrons. The fourth-order valence-corrected chi connectivity index (χ4v) is 4.55. The molecule has 12 heteroatoms. The fraction of sp³-hybridized carbons (Fsp3) is 0.357. The number of alkyl halides is 2. The van der Waals surface area contributed by atoms with E-state index in [-0.39, 0.29) is 31.1 Å². The summed E-state index contributed by atoms with van der Waals surface area (Å²) in [7, 11) is 1.60. The van der Waals surface area contributed by atoms with Gasteiger partial charge in [-0.05, 0) is 66.1 Å². The van der Waals surface area contributed by atoms with Crippen molar-refractivity contribution in [2.45, 2.75) is 38.3 Å². The maximum atomic E-state index is 13.0. The van der Waals surface area contributed by atoms with Crippen molar-refractivity contribution in [2.24, 2.45) is 5.92 Å². The van der Waals surface area contributed by atoms with E-state index in [9.17, 15) is 13.6 Å². The molecule has 2 aromatic carbocycles. The molecule has 1 atom stereocenters. The number of benzene rings is 2. The summed E-state index contributed by atoms with van der Waals surface area (Å²) in [4.78, 5) is 18.3. The summed E-state index contributed by atoms with van der Waals surface area (Å²) in [6.45, 7) is -2.39. The summed E-state index contributed by atoms with van der Waals surface area (Å²) < 4.78 is 42.3. The van der Waals surface area contributed by atoms with Gasteiger partial charge in [0.25, 0.3) is 0 Å². The van der Waals surface area contributed by atoms with Crippen LogP contribution in [0.5, 0.6) is 11.5 Å². The maximum Gasteiger partial charge on any atom is 0.409 e. The van der Waals surface area contributed by atoms with E-state index < -0.39 is 18.6 Å². The lowest BCUT2D eigenvalue weighted by atomic mass is 9.92. The standard InChI is InChI=1S/C28H29Cl2F2N3O5/c1-35(14-17-4-7-21(34-37)8-5-17)28(36)39-16-20(10-22-23(29)12-33-13-24(22)30)19-6-9-25(40-27(31)32)26(11-19)38-15-18-2-3-18/h4-9,11-13,18,20,27,34,37H,2-3,10,14-16H2,1H3/t20-/m1/s1. The van der Waals surface area contributed by atoms with Crippen LogP contribution in [0.1, 0.15) is 35.4 Å². The van der Waals surface area contributed by atoms with Crippen LogP contribution in [0.4, 0.5) is 19.3 Å². The highest BCUT2D eigenvalue weighted by molar-refractivity contribution is 6.35. The van der Waals surface area contributed by atoms with Gasteiger partial charge in [0.15, 0.2) is 11.5 Å². The minimum atomic E-state index is -3.01. The molecule has 0 unspecified atom stereocenters. The molecule has 4 rings (SSSR count). The highest BCUT2D eigenvalue weighted by Gasteiger charge is 2.25. The SMILES string of the molecule is CN(Cc1ccc(NO)cc1)C(=O)OC[C@@H](Cc1c(Cl)cncc1Cl)c1ccc(OC(F)F)c(OCC2CC2)c1. The van der Waals surface area contributed by atoms with Gasteiger partial charge in [0.05, 0.1) is 22.3 Å². The van der Waals surface area contributed by atoms with Crippen LogP contribution in [-0.2, 0) is 17.7 Å². The normalized spacial score (nSPS) is 13.6. The lowest BCUT2D eigenvalue weighted by Gasteiger charge is -2.23. The Hall–Kier alpha value is -3.34. The molecule has 2 N–H and O–H groups in total. The van der Waals surface area contributed by atoms with Gasteiger partial charge in [0.2, 0.25) is 0 Å². The van der Waals surface area contributed by atoms with Gasteiger partial charge in [0.1, 0.15) is 6.61 Å². The van der Waals surface area contributed by atoms with Crippen LogP contribution in [0, 0.1) is 5.92 Å². The van der Waals surface area contributed by atoms with Gasteiger partial charge in [-0.25, -0.2) is 4.79 Å². The van der Waals surface area contributed by atoms with E-state index in [0.29, 0.717) is 39.4 Å². The first-order chi connectivity index (χ1) is 19.2. The fourth-order valence-electron chi connectivity index (χ4n) is 4.03. The van der Waals surface area contributed by atoms with Crippen molar-refractivity contribution in [3.8, 4) is 11.5 Å². The van der Waals surface area contributed by atoms with Crippen LogP contribution in [0.2, 0.25) is 10.0 Å². The number of ether oxygens (including phenoxy) is 3. The zero-order valence-electron chi connectivity index (χ0n) is 21.7. The zero-order valence-corrected chi connectivity index (χ0v) is 23.2. The van der Waals surface area contributed by atoms with Gasteiger partial charge in [-0.15, -0.1) is 0 Å². The van der Waals surface area contributed by atoms with Crippen LogP contribution in [-0.4, -0.2) is 48.1 Å². The van der Waals surface area contributed by atoms with Crippen molar-refractivity contribution in [3.05, 3.63) is 81.6 Å². The Bertz CT molecular complexity index is 1280. The number of anilines is 1. The molecule has 1 heterocycles. The number of amides is 1. The van der Waals surface area contributed by atoms with Gasteiger partial charge in [-0.2, -0.15) is 8.78 Å². The molecule has 1 fully saturated rings. The topological polar surface area (TPSA) is 93.2 Å². The number of aromatic nitrogens is 1. The minimum absolute atomic E-state index is 0.0529. The molecule has 40 heavy (non-hydrogen) atoms. The van der Waals surface area contributed by atoms with Crippen LogP contribution >= 0.6 is 23.2 Å². The molecule has 0 aliphatic heterocycles. The van der Waals surface area contributed by atoms with Crippen molar-refractivity contribution in [1.29, 1.82) is 0 Å². The van der Waals surface area contributed by atoms with Gasteiger partial charge in [-0.1, -0.05) is 41.4 Å². The number of carbonyl (C=O) groups excluding carboxylic acids is 1. The van der Waals surface area contributed by atoms with E-state index >= 15 is 0 Å². The number of rotatable bonds is 13. The molecular formula is C28H29Cl2F2N3O5. The average molecular weight is 596 g/mol. The molecular weight excluding hydrogens is 567 g/mol. The highest BCUT2D eigenvalue weighted by atomic mass is 35.5. The second-order valence-electron chi connectivity index (χ2n) is 9.56. The lowest BCUT2D eigenvalue weighted by molar-refractivity contribution is -0.0515. The third-order valence-electron chi connectivity index (χ3n) is 6.45. The van der Waals surface area contributed by atoms with Gasteiger partial charge >= 0.3 is 12.7 Å². The Balaban J connectivity index is 1.53. The van der Waals surface area contributed by atoms with Crippen molar-refractivity contribution in [3.63, 3.8) is 0 Å². The molecule has 0 saturated heterocycles. The molecule has 0 spiro atoms. The van der Waals surface area contributed by atoms with Crippen molar-refractivity contribution < 1.29 is 33.0 Å². The number of hydrogen-bond acceptors (Lipinski definition) is 7. The van der Waals surface area contributed by atoms with Crippen LogP contribution in [0.3, 0.4) is 0 Å². The number of hydrogen-bond donors (Lipinski definition) is 2. The zero-order chi connectivity index (χ0) is 28.6. The van der Waals surface area contributed by atoms with Gasteiger partial charge < -0.3 is 19.1 Å². The molecule has 1 aromatic heterocycles. The number of nitrogens with zero attached hydrogens (tertiary/aromatic N) is 2. The summed E-state index contributed by atoms with van der Waals surface area (Å²) in [6, 6.07) is 11.6. The van der Waals surface area contributed by atoms with E-state index in [4.69, 9.17) is 37.9 Å². The summed E-state index contributed by atoms with van der Waals surface area (Å²) in [6.07, 6.45) is 4.71. The second-order valence-corrected chi connectivity index (χ2v) is 10.4. The molecule has 3 aromatic rings.